The van der Waals surface area contributed by atoms with Crippen molar-refractivity contribution in [3.63, 3.8) is 0 Å². The van der Waals surface area contributed by atoms with Gasteiger partial charge in [0, 0.05) is 25.2 Å². The van der Waals surface area contributed by atoms with Crippen LogP contribution in [-0.4, -0.2) is 49.7 Å². The number of rotatable bonds is 6. The van der Waals surface area contributed by atoms with Crippen LogP contribution in [0, 0.1) is 0 Å². The maximum atomic E-state index is 10.9. The van der Waals surface area contributed by atoms with Crippen LogP contribution < -0.4 is 5.32 Å². The van der Waals surface area contributed by atoms with Crippen LogP contribution in [0.2, 0.25) is 0 Å². The third-order valence-corrected chi connectivity index (χ3v) is 3.20. The normalized spacial score (nSPS) is 21.6. The molecular weight excluding hydrogens is 204 g/mol. The zero-order chi connectivity index (χ0) is 12.0. The first-order valence-corrected chi connectivity index (χ1v) is 6.18. The second-order valence-electron chi connectivity index (χ2n) is 4.66. The Hall–Kier alpha value is -0.610. The summed E-state index contributed by atoms with van der Waals surface area (Å²) in [5.74, 6) is -0.139. The van der Waals surface area contributed by atoms with Gasteiger partial charge < -0.3 is 10.1 Å². The van der Waals surface area contributed by atoms with E-state index >= 15 is 0 Å². The van der Waals surface area contributed by atoms with E-state index in [0.29, 0.717) is 18.5 Å². The van der Waals surface area contributed by atoms with Crippen molar-refractivity contribution in [1.29, 1.82) is 0 Å². The van der Waals surface area contributed by atoms with Crippen LogP contribution in [0.1, 0.15) is 33.1 Å². The molecule has 0 unspecified atom stereocenters. The third-order valence-electron chi connectivity index (χ3n) is 3.20. The molecule has 0 spiro atoms. The molecular formula is C12H24N2O2. The van der Waals surface area contributed by atoms with Crippen LogP contribution in [0.15, 0.2) is 0 Å². The fourth-order valence-electron chi connectivity index (χ4n) is 2.32. The lowest BCUT2D eigenvalue weighted by Crippen LogP contribution is -2.42. The van der Waals surface area contributed by atoms with Crippen LogP contribution in [0.4, 0.5) is 0 Å². The van der Waals surface area contributed by atoms with Gasteiger partial charge in [-0.15, -0.1) is 0 Å². The third kappa shape index (κ3) is 4.10. The highest BCUT2D eigenvalue weighted by Crippen LogP contribution is 2.18. The van der Waals surface area contributed by atoms with Crippen molar-refractivity contribution >= 4 is 5.97 Å². The second-order valence-corrected chi connectivity index (χ2v) is 4.66. The number of nitrogens with zero attached hydrogens (tertiary/aromatic N) is 1. The van der Waals surface area contributed by atoms with Gasteiger partial charge in [0.15, 0.2) is 0 Å². The highest BCUT2D eigenvalue weighted by Gasteiger charge is 2.25. The summed E-state index contributed by atoms with van der Waals surface area (Å²) in [5, 5.41) is 3.33. The standard InChI is InChI=1S/C12H24N2O2/c1-10(2)14-8-4-5-11(14)9-13-7-6-12(15)16-3/h10-11,13H,4-9H2,1-3H3/t11-/m0/s1. The average molecular weight is 228 g/mol. The molecule has 1 rings (SSSR count). The Labute approximate surface area is 98.3 Å². The lowest BCUT2D eigenvalue weighted by Gasteiger charge is -2.28. The molecule has 4 heteroatoms. The molecule has 0 saturated carbocycles. The molecule has 1 N–H and O–H groups in total. The smallest absolute Gasteiger partial charge is 0.306 e. The molecule has 4 nitrogen and oxygen atoms in total. The van der Waals surface area contributed by atoms with E-state index in [9.17, 15) is 4.79 Å². The number of hydrogen-bond donors (Lipinski definition) is 1. The highest BCUT2D eigenvalue weighted by molar-refractivity contribution is 5.69. The van der Waals surface area contributed by atoms with E-state index in [1.807, 2.05) is 0 Å². The van der Waals surface area contributed by atoms with Crippen molar-refractivity contribution in [2.24, 2.45) is 0 Å². The van der Waals surface area contributed by atoms with Gasteiger partial charge in [-0.2, -0.15) is 0 Å². The molecule has 94 valence electrons. The predicted molar refractivity (Wildman–Crippen MR) is 64.4 cm³/mol. The van der Waals surface area contributed by atoms with Gasteiger partial charge in [-0.25, -0.2) is 0 Å². The minimum atomic E-state index is -0.139. The molecule has 1 aliphatic rings. The average Bonchev–Trinajstić information content (AvgIpc) is 2.72. The lowest BCUT2D eigenvalue weighted by atomic mass is 10.2. The van der Waals surface area contributed by atoms with Gasteiger partial charge in [0.2, 0.25) is 0 Å². The Kier molecular flexibility index (Phi) is 5.77. The van der Waals surface area contributed by atoms with E-state index in [-0.39, 0.29) is 5.97 Å². The molecule has 0 aromatic heterocycles. The summed E-state index contributed by atoms with van der Waals surface area (Å²) in [6.45, 7) is 7.39. The minimum absolute atomic E-state index is 0.139. The van der Waals surface area contributed by atoms with E-state index in [4.69, 9.17) is 0 Å². The van der Waals surface area contributed by atoms with E-state index in [1.54, 1.807) is 0 Å². The molecule has 1 heterocycles. The van der Waals surface area contributed by atoms with Crippen molar-refractivity contribution in [3.8, 4) is 0 Å². The summed E-state index contributed by atoms with van der Waals surface area (Å²) in [7, 11) is 1.43. The minimum Gasteiger partial charge on any atom is -0.469 e. The molecule has 0 aromatic carbocycles. The van der Waals surface area contributed by atoms with Gasteiger partial charge in [-0.3, -0.25) is 9.69 Å². The number of carbonyl (C=O) groups excluding carboxylic acids is 1. The summed E-state index contributed by atoms with van der Waals surface area (Å²) in [5.41, 5.74) is 0. The van der Waals surface area contributed by atoms with Crippen molar-refractivity contribution < 1.29 is 9.53 Å². The summed E-state index contributed by atoms with van der Waals surface area (Å²) < 4.78 is 4.59. The summed E-state index contributed by atoms with van der Waals surface area (Å²) in [6, 6.07) is 1.26. The van der Waals surface area contributed by atoms with Crippen LogP contribution in [0.5, 0.6) is 0 Å². The SMILES string of the molecule is COC(=O)CCNC[C@@H]1CCCN1C(C)C. The van der Waals surface area contributed by atoms with E-state index < -0.39 is 0 Å². The first kappa shape index (κ1) is 13.5. The summed E-state index contributed by atoms with van der Waals surface area (Å²) in [6.07, 6.45) is 3.02. The van der Waals surface area contributed by atoms with Crippen LogP contribution in [0.25, 0.3) is 0 Å². The molecule has 1 saturated heterocycles. The summed E-state index contributed by atoms with van der Waals surface area (Å²) in [4.78, 5) is 13.4. The second kappa shape index (κ2) is 6.86. The summed E-state index contributed by atoms with van der Waals surface area (Å²) >= 11 is 0. The van der Waals surface area contributed by atoms with Crippen molar-refractivity contribution in [3.05, 3.63) is 0 Å². The topological polar surface area (TPSA) is 41.6 Å². The molecule has 1 fully saturated rings. The molecule has 0 aliphatic carbocycles. The molecule has 1 aliphatic heterocycles. The van der Waals surface area contributed by atoms with Crippen molar-refractivity contribution in [2.45, 2.75) is 45.2 Å². The maximum Gasteiger partial charge on any atom is 0.306 e. The molecule has 0 radical (unpaired) electrons. The van der Waals surface area contributed by atoms with Gasteiger partial charge in [0.25, 0.3) is 0 Å². The van der Waals surface area contributed by atoms with Gasteiger partial charge in [0.1, 0.15) is 0 Å². The first-order chi connectivity index (χ1) is 7.65. The van der Waals surface area contributed by atoms with Crippen LogP contribution in [0.3, 0.4) is 0 Å². The lowest BCUT2D eigenvalue weighted by molar-refractivity contribution is -0.140. The number of methoxy groups -OCH3 is 1. The molecule has 0 amide bonds. The number of carbonyl (C=O) groups is 1. The van der Waals surface area contributed by atoms with Crippen LogP contribution in [-0.2, 0) is 9.53 Å². The molecule has 16 heavy (non-hydrogen) atoms. The van der Waals surface area contributed by atoms with E-state index in [1.165, 1.54) is 26.5 Å². The number of nitrogens with one attached hydrogen (secondary N) is 1. The van der Waals surface area contributed by atoms with Crippen molar-refractivity contribution in [2.75, 3.05) is 26.7 Å². The Bertz CT molecular complexity index is 219. The van der Waals surface area contributed by atoms with Gasteiger partial charge in [-0.1, -0.05) is 0 Å². The first-order valence-electron chi connectivity index (χ1n) is 6.18. The number of likely N-dealkylation sites (tertiary alicyclic amines) is 1. The van der Waals surface area contributed by atoms with Crippen molar-refractivity contribution in [1.82, 2.24) is 10.2 Å². The highest BCUT2D eigenvalue weighted by atomic mass is 16.5. The number of ether oxygens (including phenoxy) is 1. The maximum absolute atomic E-state index is 10.9. The monoisotopic (exact) mass is 228 g/mol. The molecule has 0 aromatic rings. The van der Waals surface area contributed by atoms with Crippen LogP contribution >= 0.6 is 0 Å². The van der Waals surface area contributed by atoms with Gasteiger partial charge >= 0.3 is 5.97 Å². The quantitative estimate of drug-likeness (QED) is 0.544. The zero-order valence-corrected chi connectivity index (χ0v) is 10.7. The Balaban J connectivity index is 2.14. The Morgan fingerprint density at radius 1 is 1.56 bits per heavy atom. The van der Waals surface area contributed by atoms with E-state index in [2.05, 4.69) is 28.8 Å². The largest absolute Gasteiger partial charge is 0.469 e. The number of esters is 1. The van der Waals surface area contributed by atoms with Gasteiger partial charge in [0.05, 0.1) is 13.5 Å². The van der Waals surface area contributed by atoms with E-state index in [0.717, 1.165) is 13.1 Å². The predicted octanol–water partition coefficient (Wildman–Crippen LogP) is 1.01. The fourth-order valence-corrected chi connectivity index (χ4v) is 2.32. The molecule has 1 atom stereocenters. The number of hydrogen-bond acceptors (Lipinski definition) is 4. The van der Waals surface area contributed by atoms with Gasteiger partial charge in [-0.05, 0) is 33.2 Å². The Morgan fingerprint density at radius 3 is 2.94 bits per heavy atom. The Morgan fingerprint density at radius 2 is 2.31 bits per heavy atom. The fraction of sp³-hybridized carbons (Fsp3) is 0.917. The zero-order valence-electron chi connectivity index (χ0n) is 10.7. The molecule has 0 bridgehead atoms.